The number of quaternary nitrogens is 2. The predicted molar refractivity (Wildman–Crippen MR) is 106 cm³/mol. The van der Waals surface area contributed by atoms with E-state index in [1.807, 2.05) is 37.3 Å². The molecule has 3 N–H and O–H groups in total. The molecular weight excluding hydrogens is 369 g/mol. The van der Waals surface area contributed by atoms with Crippen LogP contribution in [-0.4, -0.2) is 38.6 Å². The predicted octanol–water partition coefficient (Wildman–Crippen LogP) is 1.22. The molecule has 0 bridgehead atoms. The fourth-order valence-corrected chi connectivity index (χ4v) is 3.75. The topological polar surface area (TPSA) is 38.0 Å². The average molecular weight is 394 g/mol. The number of hydrogen-bond donors (Lipinski definition) is 3. The van der Waals surface area contributed by atoms with Crippen molar-refractivity contribution in [3.8, 4) is 0 Å². The zero-order valence-electron chi connectivity index (χ0n) is 14.9. The highest BCUT2D eigenvalue weighted by Crippen LogP contribution is 2.22. The van der Waals surface area contributed by atoms with Crippen molar-refractivity contribution >= 4 is 34.8 Å². The van der Waals surface area contributed by atoms with Crippen LogP contribution >= 0.6 is 23.2 Å². The lowest BCUT2D eigenvalue weighted by molar-refractivity contribution is -1.02. The summed E-state index contributed by atoms with van der Waals surface area (Å²) in [6, 6.07) is 13.7. The summed E-state index contributed by atoms with van der Waals surface area (Å²) in [6.07, 6.45) is 0. The number of halogens is 2. The van der Waals surface area contributed by atoms with Gasteiger partial charge in [0.05, 0.1) is 10.7 Å². The van der Waals surface area contributed by atoms with E-state index in [-0.39, 0.29) is 5.91 Å². The smallest absolute Gasteiger partial charge is 0.279 e. The summed E-state index contributed by atoms with van der Waals surface area (Å²) in [5, 5.41) is 4.29. The van der Waals surface area contributed by atoms with Gasteiger partial charge in [0, 0.05) is 10.6 Å². The van der Waals surface area contributed by atoms with Gasteiger partial charge in [-0.3, -0.25) is 4.79 Å². The molecular formula is C20H25Cl2N3O+2. The van der Waals surface area contributed by atoms with Crippen LogP contribution in [0.25, 0.3) is 0 Å². The quantitative estimate of drug-likeness (QED) is 0.701. The molecule has 6 heteroatoms. The van der Waals surface area contributed by atoms with Crippen molar-refractivity contribution in [1.82, 2.24) is 0 Å². The SMILES string of the molecule is Cc1ccc(NC(=O)C[NH+]2CC[NH+](Cc3ccc(Cl)cc3)CC2)c(Cl)c1. The summed E-state index contributed by atoms with van der Waals surface area (Å²) < 4.78 is 0. The van der Waals surface area contributed by atoms with E-state index in [2.05, 4.69) is 17.4 Å². The van der Waals surface area contributed by atoms with Crippen LogP contribution in [0.15, 0.2) is 42.5 Å². The Labute approximate surface area is 164 Å². The molecule has 0 spiro atoms. The third-order valence-corrected chi connectivity index (χ3v) is 5.41. The summed E-state index contributed by atoms with van der Waals surface area (Å²) >= 11 is 12.1. The lowest BCUT2D eigenvalue weighted by atomic mass is 10.2. The number of piperazine rings is 1. The van der Waals surface area contributed by atoms with E-state index in [0.717, 1.165) is 43.3 Å². The first-order valence-electron chi connectivity index (χ1n) is 8.97. The van der Waals surface area contributed by atoms with Crippen molar-refractivity contribution in [1.29, 1.82) is 0 Å². The Morgan fingerprint density at radius 1 is 1.00 bits per heavy atom. The number of carbonyl (C=O) groups excluding carboxylic acids is 1. The third-order valence-electron chi connectivity index (χ3n) is 4.84. The van der Waals surface area contributed by atoms with Gasteiger partial charge in [-0.1, -0.05) is 41.4 Å². The molecule has 1 aliphatic heterocycles. The number of amides is 1. The highest BCUT2D eigenvalue weighted by molar-refractivity contribution is 6.33. The van der Waals surface area contributed by atoms with E-state index in [4.69, 9.17) is 23.2 Å². The molecule has 1 heterocycles. The van der Waals surface area contributed by atoms with Gasteiger partial charge in [0.1, 0.15) is 32.7 Å². The van der Waals surface area contributed by atoms with Crippen molar-refractivity contribution in [3.05, 3.63) is 63.6 Å². The van der Waals surface area contributed by atoms with E-state index in [0.29, 0.717) is 17.3 Å². The van der Waals surface area contributed by atoms with Crippen LogP contribution in [0.5, 0.6) is 0 Å². The minimum atomic E-state index is 0.0203. The summed E-state index contributed by atoms with van der Waals surface area (Å²) in [5.41, 5.74) is 3.08. The van der Waals surface area contributed by atoms with Gasteiger partial charge >= 0.3 is 0 Å². The van der Waals surface area contributed by atoms with Crippen LogP contribution in [-0.2, 0) is 11.3 Å². The number of rotatable bonds is 5. The molecule has 2 aromatic carbocycles. The van der Waals surface area contributed by atoms with Gasteiger partial charge in [-0.25, -0.2) is 0 Å². The maximum Gasteiger partial charge on any atom is 0.279 e. The van der Waals surface area contributed by atoms with Gasteiger partial charge in [-0.05, 0) is 36.8 Å². The van der Waals surface area contributed by atoms with E-state index >= 15 is 0 Å². The first-order chi connectivity index (χ1) is 12.5. The van der Waals surface area contributed by atoms with Gasteiger partial charge in [0.2, 0.25) is 0 Å². The lowest BCUT2D eigenvalue weighted by Crippen LogP contribution is -3.28. The Bertz CT molecular complexity index is 756. The second-order valence-corrected chi connectivity index (χ2v) is 7.86. The number of anilines is 1. The number of nitrogens with one attached hydrogen (secondary N) is 3. The number of carbonyl (C=O) groups is 1. The van der Waals surface area contributed by atoms with Crippen LogP contribution in [0, 0.1) is 6.92 Å². The summed E-state index contributed by atoms with van der Waals surface area (Å²) in [7, 11) is 0. The molecule has 138 valence electrons. The molecule has 0 radical (unpaired) electrons. The molecule has 0 saturated carbocycles. The summed E-state index contributed by atoms with van der Waals surface area (Å²) in [5.74, 6) is 0.0203. The molecule has 0 aliphatic carbocycles. The maximum absolute atomic E-state index is 12.3. The molecule has 0 aromatic heterocycles. The molecule has 2 aromatic rings. The molecule has 4 nitrogen and oxygen atoms in total. The van der Waals surface area contributed by atoms with Crippen molar-refractivity contribution in [2.45, 2.75) is 13.5 Å². The van der Waals surface area contributed by atoms with Gasteiger partial charge in [-0.2, -0.15) is 0 Å². The fraction of sp³-hybridized carbons (Fsp3) is 0.350. The maximum atomic E-state index is 12.3. The number of hydrogen-bond acceptors (Lipinski definition) is 1. The molecule has 0 unspecified atom stereocenters. The van der Waals surface area contributed by atoms with Gasteiger partial charge in [-0.15, -0.1) is 0 Å². The van der Waals surface area contributed by atoms with Crippen LogP contribution in [0.1, 0.15) is 11.1 Å². The second kappa shape index (κ2) is 8.87. The largest absolute Gasteiger partial charge is 0.322 e. The highest BCUT2D eigenvalue weighted by atomic mass is 35.5. The van der Waals surface area contributed by atoms with Crippen molar-refractivity contribution in [2.24, 2.45) is 0 Å². The average Bonchev–Trinajstić information content (AvgIpc) is 2.61. The van der Waals surface area contributed by atoms with Gasteiger partial charge < -0.3 is 15.1 Å². The standard InChI is InChI=1S/C20H23Cl2N3O/c1-15-2-7-19(18(22)12-15)23-20(26)14-25-10-8-24(9-11-25)13-16-3-5-17(21)6-4-16/h2-7,12H,8-11,13-14H2,1H3,(H,23,26)/p+2. The van der Waals surface area contributed by atoms with Crippen LogP contribution in [0.3, 0.4) is 0 Å². The molecule has 1 fully saturated rings. The van der Waals surface area contributed by atoms with Crippen LogP contribution in [0.4, 0.5) is 5.69 Å². The van der Waals surface area contributed by atoms with Crippen LogP contribution < -0.4 is 15.1 Å². The monoisotopic (exact) mass is 393 g/mol. The Hall–Kier alpha value is -1.59. The van der Waals surface area contributed by atoms with Gasteiger partial charge in [0.15, 0.2) is 6.54 Å². The van der Waals surface area contributed by atoms with Crippen LogP contribution in [0.2, 0.25) is 10.0 Å². The Morgan fingerprint density at radius 2 is 1.65 bits per heavy atom. The Kier molecular flexibility index (Phi) is 6.54. The van der Waals surface area contributed by atoms with Crippen molar-refractivity contribution < 1.29 is 14.6 Å². The number of aryl methyl sites for hydroxylation is 1. The van der Waals surface area contributed by atoms with E-state index in [9.17, 15) is 4.79 Å². The fourth-order valence-electron chi connectivity index (χ4n) is 3.34. The summed E-state index contributed by atoms with van der Waals surface area (Å²) in [4.78, 5) is 15.2. The first kappa shape index (κ1) is 19.2. The van der Waals surface area contributed by atoms with Crippen molar-refractivity contribution in [3.63, 3.8) is 0 Å². The van der Waals surface area contributed by atoms with E-state index in [1.54, 1.807) is 4.90 Å². The zero-order valence-corrected chi connectivity index (χ0v) is 16.5. The molecule has 1 amide bonds. The zero-order chi connectivity index (χ0) is 18.5. The summed E-state index contributed by atoms with van der Waals surface area (Å²) in [6.45, 7) is 7.60. The lowest BCUT2D eigenvalue weighted by Gasteiger charge is -2.29. The highest BCUT2D eigenvalue weighted by Gasteiger charge is 2.25. The molecule has 3 rings (SSSR count). The van der Waals surface area contributed by atoms with Crippen molar-refractivity contribution in [2.75, 3.05) is 38.0 Å². The minimum absolute atomic E-state index is 0.0203. The molecule has 0 atom stereocenters. The van der Waals surface area contributed by atoms with Gasteiger partial charge in [0.25, 0.3) is 5.91 Å². The molecule has 26 heavy (non-hydrogen) atoms. The van der Waals surface area contributed by atoms with E-state index in [1.165, 1.54) is 10.5 Å². The first-order valence-corrected chi connectivity index (χ1v) is 9.73. The third kappa shape index (κ3) is 5.45. The van der Waals surface area contributed by atoms with E-state index < -0.39 is 0 Å². The minimum Gasteiger partial charge on any atom is -0.322 e. The second-order valence-electron chi connectivity index (χ2n) is 7.01. The number of benzene rings is 2. The Balaban J connectivity index is 1.44. The molecule has 1 saturated heterocycles. The molecule has 1 aliphatic rings. The Morgan fingerprint density at radius 3 is 2.31 bits per heavy atom. The normalized spacial score (nSPS) is 20.0.